The summed E-state index contributed by atoms with van der Waals surface area (Å²) in [6.07, 6.45) is 9.04. The first-order valence-corrected chi connectivity index (χ1v) is 7.20. The number of hydrogen-bond acceptors (Lipinski definition) is 2. The van der Waals surface area contributed by atoms with Gasteiger partial charge in [-0.15, -0.1) is 12.3 Å². The van der Waals surface area contributed by atoms with Crippen molar-refractivity contribution in [2.45, 2.75) is 38.3 Å². The Kier molecular flexibility index (Phi) is 5.02. The van der Waals surface area contributed by atoms with Gasteiger partial charge in [0.25, 0.3) is 0 Å². The van der Waals surface area contributed by atoms with Crippen molar-refractivity contribution in [2.24, 2.45) is 5.73 Å². The van der Waals surface area contributed by atoms with E-state index < -0.39 is 6.04 Å². The molecule has 1 heterocycles. The third-order valence-corrected chi connectivity index (χ3v) is 3.65. The lowest BCUT2D eigenvalue weighted by molar-refractivity contribution is -0.123. The fraction of sp³-hybridized carbons (Fsp3) is 0.353. The summed E-state index contributed by atoms with van der Waals surface area (Å²) in [5.41, 5.74) is 8.13. The van der Waals surface area contributed by atoms with Crippen molar-refractivity contribution in [3.63, 3.8) is 0 Å². The number of para-hydroxylation sites is 1. The largest absolute Gasteiger partial charge is 0.361 e. The molecule has 0 radical (unpaired) electrons. The zero-order valence-corrected chi connectivity index (χ0v) is 12.2. The fourth-order valence-corrected chi connectivity index (χ4v) is 2.38. The third-order valence-electron chi connectivity index (χ3n) is 3.65. The van der Waals surface area contributed by atoms with Gasteiger partial charge in [-0.3, -0.25) is 4.79 Å². The molecule has 110 valence electrons. The molecular formula is C17H21N3O. The van der Waals surface area contributed by atoms with Crippen LogP contribution in [0.2, 0.25) is 0 Å². The van der Waals surface area contributed by atoms with Crippen LogP contribution in [0.3, 0.4) is 0 Å². The first-order valence-electron chi connectivity index (χ1n) is 7.20. The minimum absolute atomic E-state index is 0.00322. The summed E-state index contributed by atoms with van der Waals surface area (Å²) in [6.45, 7) is 1.99. The maximum Gasteiger partial charge on any atom is 0.237 e. The molecule has 0 spiro atoms. The molecule has 4 N–H and O–H groups in total. The summed E-state index contributed by atoms with van der Waals surface area (Å²) in [5.74, 6) is 2.42. The Morgan fingerprint density at radius 2 is 2.24 bits per heavy atom. The molecule has 0 aliphatic heterocycles. The molecule has 4 heteroatoms. The number of nitrogens with one attached hydrogen (secondary N) is 2. The van der Waals surface area contributed by atoms with Gasteiger partial charge < -0.3 is 16.0 Å². The van der Waals surface area contributed by atoms with E-state index in [1.807, 2.05) is 37.4 Å². The van der Waals surface area contributed by atoms with Crippen LogP contribution in [-0.2, 0) is 11.2 Å². The number of carbonyl (C=O) groups is 1. The lowest BCUT2D eigenvalue weighted by Gasteiger charge is -2.17. The number of benzene rings is 1. The van der Waals surface area contributed by atoms with E-state index in [0.29, 0.717) is 12.8 Å². The van der Waals surface area contributed by atoms with Crippen LogP contribution in [0.5, 0.6) is 0 Å². The van der Waals surface area contributed by atoms with Crippen LogP contribution in [0.25, 0.3) is 10.9 Å². The molecule has 0 aliphatic rings. The maximum atomic E-state index is 12.1. The zero-order chi connectivity index (χ0) is 15.2. The predicted octanol–water partition coefficient (Wildman–Crippen LogP) is 1.96. The van der Waals surface area contributed by atoms with Gasteiger partial charge in [0.15, 0.2) is 0 Å². The van der Waals surface area contributed by atoms with Crippen LogP contribution in [0, 0.1) is 12.3 Å². The van der Waals surface area contributed by atoms with Gasteiger partial charge in [-0.1, -0.05) is 25.1 Å². The Morgan fingerprint density at radius 1 is 1.48 bits per heavy atom. The highest BCUT2D eigenvalue weighted by Crippen LogP contribution is 2.18. The van der Waals surface area contributed by atoms with E-state index in [-0.39, 0.29) is 11.9 Å². The molecule has 2 rings (SSSR count). The van der Waals surface area contributed by atoms with E-state index in [2.05, 4.69) is 16.2 Å². The number of nitrogens with two attached hydrogens (primary N) is 1. The number of hydrogen-bond donors (Lipinski definition) is 3. The van der Waals surface area contributed by atoms with Crippen LogP contribution in [-0.4, -0.2) is 23.0 Å². The summed E-state index contributed by atoms with van der Waals surface area (Å²) >= 11 is 0. The van der Waals surface area contributed by atoms with Crippen molar-refractivity contribution in [3.8, 4) is 12.3 Å². The summed E-state index contributed by atoms with van der Waals surface area (Å²) in [5, 5.41) is 4.02. The van der Waals surface area contributed by atoms with Crippen LogP contribution < -0.4 is 11.1 Å². The van der Waals surface area contributed by atoms with Gasteiger partial charge in [0, 0.05) is 29.6 Å². The molecule has 4 nitrogen and oxygen atoms in total. The van der Waals surface area contributed by atoms with Crippen molar-refractivity contribution in [2.75, 3.05) is 0 Å². The number of aromatic nitrogens is 1. The van der Waals surface area contributed by atoms with E-state index in [9.17, 15) is 4.79 Å². The summed E-state index contributed by atoms with van der Waals surface area (Å²) in [4.78, 5) is 15.3. The lowest BCUT2D eigenvalue weighted by Crippen LogP contribution is -2.46. The molecule has 1 unspecified atom stereocenters. The predicted molar refractivity (Wildman–Crippen MR) is 85.6 cm³/mol. The number of rotatable bonds is 6. The van der Waals surface area contributed by atoms with E-state index >= 15 is 0 Å². The Morgan fingerprint density at radius 3 is 2.95 bits per heavy atom. The van der Waals surface area contributed by atoms with Gasteiger partial charge in [-0.2, -0.15) is 0 Å². The second-order valence-corrected chi connectivity index (χ2v) is 5.19. The number of terminal acetylenes is 1. The molecule has 2 atom stereocenters. The lowest BCUT2D eigenvalue weighted by atomic mass is 10.0. The average Bonchev–Trinajstić information content (AvgIpc) is 2.90. The smallest absolute Gasteiger partial charge is 0.237 e. The van der Waals surface area contributed by atoms with Gasteiger partial charge in [-0.05, 0) is 24.5 Å². The van der Waals surface area contributed by atoms with Gasteiger partial charge in [0.1, 0.15) is 0 Å². The van der Waals surface area contributed by atoms with Crippen LogP contribution in [0.15, 0.2) is 30.5 Å². The standard InChI is InChI=1S/C17H21N3O/c1-3-7-13(4-2)20-17(21)15(18)10-12-11-19-16-9-6-5-8-14(12)16/h1,5-6,8-9,11,13,15,19H,4,7,10,18H2,2H3,(H,20,21)/t13?,15-/m0/s1. The second-order valence-electron chi connectivity index (χ2n) is 5.19. The van der Waals surface area contributed by atoms with Crippen molar-refractivity contribution in [1.29, 1.82) is 0 Å². The van der Waals surface area contributed by atoms with Crippen LogP contribution in [0.1, 0.15) is 25.3 Å². The molecule has 1 amide bonds. The van der Waals surface area contributed by atoms with Gasteiger partial charge >= 0.3 is 0 Å². The quantitative estimate of drug-likeness (QED) is 0.709. The average molecular weight is 283 g/mol. The topological polar surface area (TPSA) is 70.9 Å². The van der Waals surface area contributed by atoms with Crippen molar-refractivity contribution >= 4 is 16.8 Å². The minimum atomic E-state index is -0.573. The Labute approximate surface area is 125 Å². The first-order chi connectivity index (χ1) is 10.2. The molecule has 2 aromatic rings. The highest BCUT2D eigenvalue weighted by Gasteiger charge is 2.18. The van der Waals surface area contributed by atoms with Crippen molar-refractivity contribution < 1.29 is 4.79 Å². The number of carbonyl (C=O) groups excluding carboxylic acids is 1. The monoisotopic (exact) mass is 283 g/mol. The van der Waals surface area contributed by atoms with E-state index in [0.717, 1.165) is 22.9 Å². The molecule has 0 saturated heterocycles. The molecule has 0 aliphatic carbocycles. The normalized spacial score (nSPS) is 13.6. The molecule has 1 aromatic carbocycles. The molecule has 0 saturated carbocycles. The molecular weight excluding hydrogens is 262 g/mol. The minimum Gasteiger partial charge on any atom is -0.361 e. The Hall–Kier alpha value is -2.25. The highest BCUT2D eigenvalue weighted by atomic mass is 16.2. The SMILES string of the molecule is C#CCC(CC)NC(=O)[C@@H](N)Cc1c[nH]c2ccccc12. The van der Waals surface area contributed by atoms with Crippen molar-refractivity contribution in [3.05, 3.63) is 36.0 Å². The van der Waals surface area contributed by atoms with Gasteiger partial charge in [0.05, 0.1) is 6.04 Å². The maximum absolute atomic E-state index is 12.1. The number of amides is 1. The first kappa shape index (κ1) is 15.1. The third kappa shape index (κ3) is 3.65. The second kappa shape index (κ2) is 6.96. The fourth-order valence-electron chi connectivity index (χ4n) is 2.38. The molecule has 1 aromatic heterocycles. The zero-order valence-electron chi connectivity index (χ0n) is 12.2. The van der Waals surface area contributed by atoms with E-state index in [1.165, 1.54) is 0 Å². The highest BCUT2D eigenvalue weighted by molar-refractivity contribution is 5.86. The van der Waals surface area contributed by atoms with Gasteiger partial charge in [-0.25, -0.2) is 0 Å². The molecule has 0 fully saturated rings. The Balaban J connectivity index is 2.02. The number of aromatic amines is 1. The summed E-state index contributed by atoms with van der Waals surface area (Å²) < 4.78 is 0. The van der Waals surface area contributed by atoms with E-state index in [4.69, 9.17) is 12.2 Å². The number of H-pyrrole nitrogens is 1. The molecule has 21 heavy (non-hydrogen) atoms. The van der Waals surface area contributed by atoms with E-state index in [1.54, 1.807) is 0 Å². The number of fused-ring (bicyclic) bond motifs is 1. The summed E-state index contributed by atoms with van der Waals surface area (Å²) in [6, 6.07) is 7.41. The molecule has 0 bridgehead atoms. The summed E-state index contributed by atoms with van der Waals surface area (Å²) in [7, 11) is 0. The van der Waals surface area contributed by atoms with Crippen LogP contribution >= 0.6 is 0 Å². The van der Waals surface area contributed by atoms with Gasteiger partial charge in [0.2, 0.25) is 5.91 Å². The van der Waals surface area contributed by atoms with Crippen LogP contribution in [0.4, 0.5) is 0 Å². The Bertz CT molecular complexity index is 653. The van der Waals surface area contributed by atoms with Crippen molar-refractivity contribution in [1.82, 2.24) is 10.3 Å².